The lowest BCUT2D eigenvalue weighted by Crippen LogP contribution is -2.41. The van der Waals surface area contributed by atoms with Gasteiger partial charge in [0.15, 0.2) is 0 Å². The van der Waals surface area contributed by atoms with Crippen LogP contribution in [0.25, 0.3) is 10.9 Å². The van der Waals surface area contributed by atoms with Gasteiger partial charge in [-0.2, -0.15) is 0 Å². The number of nitrogens with zero attached hydrogens (tertiary/aromatic N) is 2. The van der Waals surface area contributed by atoms with Crippen LogP contribution in [0, 0.1) is 5.82 Å². The molecule has 0 aliphatic rings. The van der Waals surface area contributed by atoms with E-state index in [4.69, 9.17) is 16.7 Å². The highest BCUT2D eigenvalue weighted by molar-refractivity contribution is 9.10. The molecule has 3 aromatic rings. The average molecular weight is 442 g/mol. The number of carbonyl (C=O) groups is 1. The Hall–Kier alpha value is -2.45. The Morgan fingerprint density at radius 2 is 1.92 bits per heavy atom. The molecule has 26 heavy (non-hydrogen) atoms. The van der Waals surface area contributed by atoms with Crippen molar-refractivity contribution in [1.29, 1.82) is 0 Å². The van der Waals surface area contributed by atoms with Crippen molar-refractivity contribution < 1.29 is 14.3 Å². The standard InChI is InChI=1S/C17H11BrClFN2O4/c18-10-5-4-9(12(20)6-10)7-22-16(25)15-11(19)2-1-3-13(15)21(17(22)26)8-14(23)24/h1-6H,7-8H2,(H,23,24). The first-order chi connectivity index (χ1) is 12.3. The lowest BCUT2D eigenvalue weighted by Gasteiger charge is -2.14. The number of hydrogen-bond acceptors (Lipinski definition) is 3. The van der Waals surface area contributed by atoms with E-state index in [0.717, 1.165) is 9.13 Å². The largest absolute Gasteiger partial charge is 0.480 e. The van der Waals surface area contributed by atoms with Crippen LogP contribution in [0.15, 0.2) is 50.5 Å². The van der Waals surface area contributed by atoms with Gasteiger partial charge in [0.2, 0.25) is 0 Å². The van der Waals surface area contributed by atoms with Crippen LogP contribution in [0.1, 0.15) is 5.56 Å². The zero-order chi connectivity index (χ0) is 19.0. The first-order valence-electron chi connectivity index (χ1n) is 7.37. The quantitative estimate of drug-likeness (QED) is 0.675. The van der Waals surface area contributed by atoms with E-state index in [1.54, 1.807) is 6.07 Å². The number of aliphatic carboxylic acids is 1. The molecule has 0 atom stereocenters. The van der Waals surface area contributed by atoms with Crippen molar-refractivity contribution in [3.05, 3.63) is 78.1 Å². The summed E-state index contributed by atoms with van der Waals surface area (Å²) in [7, 11) is 0. The Labute approximate surface area is 159 Å². The molecule has 0 fully saturated rings. The second kappa shape index (κ2) is 7.05. The molecule has 2 aromatic carbocycles. The van der Waals surface area contributed by atoms with Crippen LogP contribution in [0.2, 0.25) is 5.02 Å². The molecular weight excluding hydrogens is 431 g/mol. The van der Waals surface area contributed by atoms with Crippen molar-refractivity contribution in [1.82, 2.24) is 9.13 Å². The van der Waals surface area contributed by atoms with Crippen LogP contribution in [-0.4, -0.2) is 20.2 Å². The van der Waals surface area contributed by atoms with Crippen LogP contribution in [-0.2, 0) is 17.9 Å². The smallest absolute Gasteiger partial charge is 0.332 e. The molecule has 1 heterocycles. The molecule has 0 aliphatic carbocycles. The molecule has 0 spiro atoms. The first-order valence-corrected chi connectivity index (χ1v) is 8.54. The summed E-state index contributed by atoms with van der Waals surface area (Å²) in [5, 5.41) is 9.19. The summed E-state index contributed by atoms with van der Waals surface area (Å²) < 4.78 is 16.4. The van der Waals surface area contributed by atoms with Gasteiger partial charge in [-0.3, -0.25) is 18.7 Å². The molecule has 1 aromatic heterocycles. The minimum absolute atomic E-state index is 0.00698. The molecule has 1 N–H and O–H groups in total. The molecule has 0 radical (unpaired) electrons. The van der Waals surface area contributed by atoms with Crippen LogP contribution in [0.3, 0.4) is 0 Å². The monoisotopic (exact) mass is 440 g/mol. The minimum atomic E-state index is -1.26. The molecule has 134 valence electrons. The second-order valence-corrected chi connectivity index (χ2v) is 6.85. The van der Waals surface area contributed by atoms with E-state index < -0.39 is 29.6 Å². The summed E-state index contributed by atoms with van der Waals surface area (Å²) in [6.45, 7) is -1.00. The summed E-state index contributed by atoms with van der Waals surface area (Å²) in [6.07, 6.45) is 0. The van der Waals surface area contributed by atoms with E-state index in [-0.39, 0.29) is 28.0 Å². The first kappa shape index (κ1) is 18.3. The van der Waals surface area contributed by atoms with Crippen molar-refractivity contribution in [2.45, 2.75) is 13.1 Å². The van der Waals surface area contributed by atoms with E-state index in [1.165, 1.54) is 30.3 Å². The van der Waals surface area contributed by atoms with Crippen molar-refractivity contribution in [2.24, 2.45) is 0 Å². The maximum Gasteiger partial charge on any atom is 0.332 e. The fraction of sp³-hybridized carbons (Fsp3) is 0.118. The van der Waals surface area contributed by atoms with E-state index in [1.807, 2.05) is 0 Å². The Morgan fingerprint density at radius 3 is 2.58 bits per heavy atom. The fourth-order valence-corrected chi connectivity index (χ4v) is 3.25. The number of halogens is 3. The van der Waals surface area contributed by atoms with Gasteiger partial charge in [0.25, 0.3) is 5.56 Å². The van der Waals surface area contributed by atoms with Crippen molar-refractivity contribution in [2.75, 3.05) is 0 Å². The van der Waals surface area contributed by atoms with Crippen molar-refractivity contribution in [3.8, 4) is 0 Å². The van der Waals surface area contributed by atoms with Crippen LogP contribution >= 0.6 is 27.5 Å². The number of benzene rings is 2. The van der Waals surface area contributed by atoms with Gasteiger partial charge in [0, 0.05) is 10.0 Å². The molecule has 0 saturated heterocycles. The SMILES string of the molecule is O=C(O)Cn1c(=O)n(Cc2ccc(Br)cc2F)c(=O)c2c(Cl)cccc21. The van der Waals surface area contributed by atoms with Gasteiger partial charge in [-0.15, -0.1) is 0 Å². The number of carboxylic acids is 1. The van der Waals surface area contributed by atoms with Gasteiger partial charge < -0.3 is 5.11 Å². The molecule has 0 unspecified atom stereocenters. The van der Waals surface area contributed by atoms with Gasteiger partial charge in [-0.1, -0.05) is 39.7 Å². The van der Waals surface area contributed by atoms with Gasteiger partial charge in [0.05, 0.1) is 22.5 Å². The number of rotatable bonds is 4. The predicted octanol–water partition coefficient (Wildman–Crippen LogP) is 2.85. The van der Waals surface area contributed by atoms with Crippen molar-refractivity contribution >= 4 is 44.4 Å². The van der Waals surface area contributed by atoms with Gasteiger partial charge in [-0.05, 0) is 24.3 Å². The second-order valence-electron chi connectivity index (χ2n) is 5.52. The summed E-state index contributed by atoms with van der Waals surface area (Å²) in [5.74, 6) is -1.86. The van der Waals surface area contributed by atoms with E-state index in [2.05, 4.69) is 15.9 Å². The van der Waals surface area contributed by atoms with Crippen molar-refractivity contribution in [3.63, 3.8) is 0 Å². The fourth-order valence-electron chi connectivity index (χ4n) is 2.67. The average Bonchev–Trinajstić information content (AvgIpc) is 2.56. The molecule has 6 nitrogen and oxygen atoms in total. The normalized spacial score (nSPS) is 11.0. The van der Waals surface area contributed by atoms with Crippen LogP contribution < -0.4 is 11.2 Å². The maximum atomic E-state index is 14.1. The maximum absolute atomic E-state index is 14.1. The van der Waals surface area contributed by atoms with E-state index >= 15 is 0 Å². The number of fused-ring (bicyclic) bond motifs is 1. The van der Waals surface area contributed by atoms with Gasteiger partial charge >= 0.3 is 11.7 Å². The molecule has 9 heteroatoms. The Bertz CT molecular complexity index is 1160. The minimum Gasteiger partial charge on any atom is -0.480 e. The van der Waals surface area contributed by atoms with Crippen LogP contribution in [0.5, 0.6) is 0 Å². The molecule has 3 rings (SSSR count). The molecule has 0 aliphatic heterocycles. The molecular formula is C17H11BrClFN2O4. The molecule has 0 bridgehead atoms. The van der Waals surface area contributed by atoms with E-state index in [0.29, 0.717) is 4.47 Å². The summed E-state index contributed by atoms with van der Waals surface area (Å²) in [4.78, 5) is 36.6. The third-order valence-corrected chi connectivity index (χ3v) is 4.65. The topological polar surface area (TPSA) is 81.3 Å². The lowest BCUT2D eigenvalue weighted by atomic mass is 10.2. The van der Waals surface area contributed by atoms with Gasteiger partial charge in [0.1, 0.15) is 12.4 Å². The van der Waals surface area contributed by atoms with Gasteiger partial charge in [-0.25, -0.2) is 9.18 Å². The highest BCUT2D eigenvalue weighted by Gasteiger charge is 2.18. The number of carboxylic acid groups (broad SMARTS) is 1. The number of hydrogen-bond donors (Lipinski definition) is 1. The lowest BCUT2D eigenvalue weighted by molar-refractivity contribution is -0.137. The Kier molecular flexibility index (Phi) is 4.97. The van der Waals surface area contributed by atoms with Crippen LogP contribution in [0.4, 0.5) is 4.39 Å². The summed E-state index contributed by atoms with van der Waals surface area (Å²) in [6, 6.07) is 8.64. The van der Waals surface area contributed by atoms with E-state index in [9.17, 15) is 18.8 Å². The molecule has 0 saturated carbocycles. The third kappa shape index (κ3) is 3.30. The zero-order valence-corrected chi connectivity index (χ0v) is 15.4. The third-order valence-electron chi connectivity index (χ3n) is 3.84. The summed E-state index contributed by atoms with van der Waals surface area (Å²) >= 11 is 9.23. The summed E-state index contributed by atoms with van der Waals surface area (Å²) in [5.41, 5.74) is -1.34. The molecule has 0 amide bonds. The number of aromatic nitrogens is 2. The highest BCUT2D eigenvalue weighted by atomic mass is 79.9. The predicted molar refractivity (Wildman–Crippen MR) is 98.3 cm³/mol. The Morgan fingerprint density at radius 1 is 1.19 bits per heavy atom. The Balaban J connectivity index is 2.31. The zero-order valence-electron chi connectivity index (χ0n) is 13.1. The highest BCUT2D eigenvalue weighted by Crippen LogP contribution is 2.20.